The van der Waals surface area contributed by atoms with Gasteiger partial charge in [-0.1, -0.05) is 29.3 Å². The molecule has 0 saturated carbocycles. The maximum absolute atomic E-state index is 11.7. The van der Waals surface area contributed by atoms with Gasteiger partial charge >= 0.3 is 0 Å². The molecule has 5 heteroatoms. The first-order valence-electron chi connectivity index (χ1n) is 5.53. The van der Waals surface area contributed by atoms with Gasteiger partial charge in [0.25, 0.3) is 0 Å². The number of benzene rings is 1. The van der Waals surface area contributed by atoms with Crippen molar-refractivity contribution in [2.45, 2.75) is 32.2 Å². The van der Waals surface area contributed by atoms with E-state index >= 15 is 0 Å². The van der Waals surface area contributed by atoms with Crippen molar-refractivity contribution in [3.8, 4) is 0 Å². The first-order valence-corrected chi connectivity index (χ1v) is 7.12. The number of carbonyl (C=O) groups excluding carboxylic acids is 1. The van der Waals surface area contributed by atoms with E-state index in [1.165, 1.54) is 0 Å². The topological polar surface area (TPSA) is 55.1 Å². The summed E-state index contributed by atoms with van der Waals surface area (Å²) in [6.07, 6.45) is 2.22. The fourth-order valence-corrected chi connectivity index (χ4v) is 2.21. The Labute approximate surface area is 118 Å². The van der Waals surface area contributed by atoms with Crippen LogP contribution in [0.3, 0.4) is 0 Å². The van der Waals surface area contributed by atoms with Crippen molar-refractivity contribution in [1.29, 1.82) is 0 Å². The molecule has 0 aliphatic heterocycles. The van der Waals surface area contributed by atoms with E-state index in [0.29, 0.717) is 6.42 Å². The molecule has 0 aromatic heterocycles. The van der Waals surface area contributed by atoms with Crippen molar-refractivity contribution in [3.63, 3.8) is 0 Å². The third-order valence-corrected chi connectivity index (χ3v) is 3.49. The maximum Gasteiger partial charge on any atom is 0.225 e. The molecule has 3 nitrogen and oxygen atoms in total. The summed E-state index contributed by atoms with van der Waals surface area (Å²) in [4.78, 5) is 11.7. The maximum atomic E-state index is 11.7. The highest BCUT2D eigenvalue weighted by Crippen LogP contribution is 2.26. The average molecular weight is 364 g/mol. The Morgan fingerprint density at radius 3 is 2.82 bits per heavy atom. The van der Waals surface area contributed by atoms with Gasteiger partial charge in [0.1, 0.15) is 0 Å². The van der Waals surface area contributed by atoms with Gasteiger partial charge < -0.3 is 11.1 Å². The second-order valence-corrected chi connectivity index (χ2v) is 5.70. The largest absolute Gasteiger partial charge is 0.327 e. The molecular weight excluding hydrogens is 348 g/mol. The van der Waals surface area contributed by atoms with Crippen LogP contribution in [0.4, 0.5) is 5.69 Å². The van der Waals surface area contributed by atoms with E-state index in [1.54, 1.807) is 0 Å². The summed E-state index contributed by atoms with van der Waals surface area (Å²) in [5.74, 6) is -0.0512. The van der Waals surface area contributed by atoms with E-state index in [9.17, 15) is 4.79 Å². The normalized spacial score (nSPS) is 12.2. The first kappa shape index (κ1) is 14.7. The number of amides is 1. The first-order chi connectivity index (χ1) is 8.02. The van der Waals surface area contributed by atoms with Crippen LogP contribution in [0.25, 0.3) is 0 Å². The number of carbonyl (C=O) groups is 1. The number of hydrogen-bond donors (Lipinski definition) is 2. The molecule has 0 aliphatic rings. The average Bonchev–Trinajstić information content (AvgIpc) is 2.23. The number of anilines is 1. The summed E-state index contributed by atoms with van der Waals surface area (Å²) in [6.45, 7) is 2.06. The third kappa shape index (κ3) is 5.19. The van der Waals surface area contributed by atoms with E-state index in [-0.39, 0.29) is 11.9 Å². The second-order valence-electron chi connectivity index (χ2n) is 3.93. The number of nitrogens with two attached hydrogens (primary N) is 1. The lowest BCUT2D eigenvalue weighted by Crippen LogP contribution is -2.26. The zero-order valence-corrected chi connectivity index (χ0v) is 12.8. The molecule has 94 valence electrons. The lowest BCUT2D eigenvalue weighted by molar-refractivity contribution is -0.116. The second kappa shape index (κ2) is 7.13. The summed E-state index contributed by atoms with van der Waals surface area (Å²) >= 11 is 6.75. The molecular formula is C12H16Br2N2O. The van der Waals surface area contributed by atoms with Gasteiger partial charge in [0.2, 0.25) is 5.91 Å². The lowest BCUT2D eigenvalue weighted by Gasteiger charge is -2.11. The van der Waals surface area contributed by atoms with Gasteiger partial charge in [-0.25, -0.2) is 0 Å². The highest BCUT2D eigenvalue weighted by molar-refractivity contribution is 9.11. The molecule has 0 radical (unpaired) electrons. The van der Waals surface area contributed by atoms with Crippen molar-refractivity contribution < 1.29 is 4.79 Å². The van der Waals surface area contributed by atoms with Crippen molar-refractivity contribution >= 4 is 43.5 Å². The standard InChI is InChI=1S/C12H16Br2N2O/c1-2-3-9(15)7-12(17)16-11-6-8(13)4-5-10(11)14/h4-6,9H,2-3,7,15H2,1H3,(H,16,17). The molecule has 1 aromatic carbocycles. The molecule has 0 heterocycles. The van der Waals surface area contributed by atoms with Crippen molar-refractivity contribution in [2.24, 2.45) is 5.73 Å². The smallest absolute Gasteiger partial charge is 0.225 e. The highest BCUT2D eigenvalue weighted by Gasteiger charge is 2.10. The molecule has 0 bridgehead atoms. The Balaban J connectivity index is 2.58. The van der Waals surface area contributed by atoms with Gasteiger partial charge in [-0.3, -0.25) is 4.79 Å². The fourth-order valence-electron chi connectivity index (χ4n) is 1.51. The molecule has 1 unspecified atom stereocenters. The Hall–Kier alpha value is -0.390. The van der Waals surface area contributed by atoms with E-state index < -0.39 is 0 Å². The molecule has 0 fully saturated rings. The monoisotopic (exact) mass is 362 g/mol. The SMILES string of the molecule is CCCC(N)CC(=O)Nc1cc(Br)ccc1Br. The van der Waals surface area contributed by atoms with Gasteiger partial charge in [-0.2, -0.15) is 0 Å². The van der Waals surface area contributed by atoms with E-state index in [4.69, 9.17) is 5.73 Å². The summed E-state index contributed by atoms with van der Waals surface area (Å²) in [6, 6.07) is 5.58. The van der Waals surface area contributed by atoms with Crippen LogP contribution in [0.2, 0.25) is 0 Å². The van der Waals surface area contributed by atoms with Gasteiger partial charge in [0.05, 0.1) is 5.69 Å². The molecule has 1 aromatic rings. The molecule has 1 amide bonds. The Morgan fingerprint density at radius 2 is 2.18 bits per heavy atom. The van der Waals surface area contributed by atoms with Crippen LogP contribution in [-0.2, 0) is 4.79 Å². The summed E-state index contributed by atoms with van der Waals surface area (Å²) in [5, 5.41) is 2.84. The van der Waals surface area contributed by atoms with Crippen LogP contribution in [0.15, 0.2) is 27.1 Å². The number of nitrogens with one attached hydrogen (secondary N) is 1. The summed E-state index contributed by atoms with van der Waals surface area (Å²) < 4.78 is 1.78. The predicted molar refractivity (Wildman–Crippen MR) is 78.0 cm³/mol. The molecule has 0 aliphatic carbocycles. The van der Waals surface area contributed by atoms with Gasteiger partial charge in [0, 0.05) is 21.4 Å². The minimum atomic E-state index is -0.0640. The van der Waals surface area contributed by atoms with Crippen LogP contribution in [0.1, 0.15) is 26.2 Å². The molecule has 0 spiro atoms. The Kier molecular flexibility index (Phi) is 6.16. The summed E-state index contributed by atoms with van der Waals surface area (Å²) in [7, 11) is 0. The van der Waals surface area contributed by atoms with E-state index in [2.05, 4.69) is 44.1 Å². The minimum absolute atomic E-state index is 0.0512. The fraction of sp³-hybridized carbons (Fsp3) is 0.417. The Morgan fingerprint density at radius 1 is 1.47 bits per heavy atom. The van der Waals surface area contributed by atoms with Crippen LogP contribution >= 0.6 is 31.9 Å². The number of halogens is 2. The molecule has 17 heavy (non-hydrogen) atoms. The van der Waals surface area contributed by atoms with Crippen molar-refractivity contribution in [2.75, 3.05) is 5.32 Å². The zero-order valence-electron chi connectivity index (χ0n) is 9.67. The highest BCUT2D eigenvalue weighted by atomic mass is 79.9. The van der Waals surface area contributed by atoms with E-state index in [1.807, 2.05) is 18.2 Å². The molecule has 1 rings (SSSR count). The number of hydrogen-bond acceptors (Lipinski definition) is 2. The minimum Gasteiger partial charge on any atom is -0.327 e. The lowest BCUT2D eigenvalue weighted by atomic mass is 10.1. The van der Waals surface area contributed by atoms with Gasteiger partial charge in [-0.15, -0.1) is 0 Å². The quantitative estimate of drug-likeness (QED) is 0.838. The molecule has 0 saturated heterocycles. The van der Waals surface area contributed by atoms with Crippen LogP contribution in [0, 0.1) is 0 Å². The van der Waals surface area contributed by atoms with Crippen LogP contribution in [0.5, 0.6) is 0 Å². The van der Waals surface area contributed by atoms with Crippen molar-refractivity contribution in [1.82, 2.24) is 0 Å². The Bertz CT molecular complexity index is 396. The van der Waals surface area contributed by atoms with Gasteiger partial charge in [0.15, 0.2) is 0 Å². The van der Waals surface area contributed by atoms with Crippen LogP contribution < -0.4 is 11.1 Å². The third-order valence-electron chi connectivity index (χ3n) is 2.31. The number of rotatable bonds is 5. The summed E-state index contributed by atoms with van der Waals surface area (Å²) in [5.41, 5.74) is 6.58. The van der Waals surface area contributed by atoms with Gasteiger partial charge in [-0.05, 0) is 40.5 Å². The van der Waals surface area contributed by atoms with Crippen LogP contribution in [-0.4, -0.2) is 11.9 Å². The molecule has 3 N–H and O–H groups in total. The molecule has 1 atom stereocenters. The predicted octanol–water partition coefficient (Wildman–Crippen LogP) is 3.67. The van der Waals surface area contributed by atoms with Crippen molar-refractivity contribution in [3.05, 3.63) is 27.1 Å². The zero-order chi connectivity index (χ0) is 12.8. The van der Waals surface area contributed by atoms with E-state index in [0.717, 1.165) is 27.5 Å².